The summed E-state index contributed by atoms with van der Waals surface area (Å²) < 4.78 is 0. The molecule has 0 aromatic heterocycles. The van der Waals surface area contributed by atoms with Gasteiger partial charge >= 0.3 is 0 Å². The molecule has 0 bridgehead atoms. The fourth-order valence-electron chi connectivity index (χ4n) is 5.32. The van der Waals surface area contributed by atoms with E-state index in [0.29, 0.717) is 45.2 Å². The van der Waals surface area contributed by atoms with Crippen molar-refractivity contribution in [2.24, 2.45) is 11.5 Å². The molecule has 2 aliphatic heterocycles. The average molecular weight is 506 g/mol. The second kappa shape index (κ2) is 12.0. The first-order valence-electron chi connectivity index (χ1n) is 12.9. The van der Waals surface area contributed by atoms with Gasteiger partial charge in [0.15, 0.2) is 0 Å². The van der Waals surface area contributed by atoms with Gasteiger partial charge in [-0.25, -0.2) is 0 Å². The number of rotatable bonds is 9. The number of primary amides is 1. The molecule has 0 radical (unpaired) electrons. The predicted octanol–water partition coefficient (Wildman–Crippen LogP) is 0.751. The summed E-state index contributed by atoms with van der Waals surface area (Å²) in [5.41, 5.74) is 13.6. The molecule has 4 amide bonds. The van der Waals surface area contributed by atoms with Gasteiger partial charge in [-0.05, 0) is 43.2 Å². The van der Waals surface area contributed by atoms with Crippen LogP contribution < -0.4 is 16.8 Å². The van der Waals surface area contributed by atoms with Gasteiger partial charge in [0.1, 0.15) is 18.1 Å². The quantitative estimate of drug-likeness (QED) is 0.462. The van der Waals surface area contributed by atoms with Crippen molar-refractivity contribution in [3.05, 3.63) is 71.8 Å². The number of nitrogens with one attached hydrogen (secondary N) is 1. The van der Waals surface area contributed by atoms with Crippen LogP contribution in [0.15, 0.2) is 60.7 Å². The Hall–Kier alpha value is -3.72. The van der Waals surface area contributed by atoms with E-state index in [4.69, 9.17) is 11.5 Å². The fourth-order valence-corrected chi connectivity index (χ4v) is 5.32. The van der Waals surface area contributed by atoms with Crippen molar-refractivity contribution in [3.63, 3.8) is 0 Å². The Morgan fingerprint density at radius 2 is 1.30 bits per heavy atom. The summed E-state index contributed by atoms with van der Waals surface area (Å²) in [5, 5.41) is 2.90. The molecule has 2 fully saturated rings. The zero-order valence-electron chi connectivity index (χ0n) is 20.9. The number of likely N-dealkylation sites (tertiary alicyclic amines) is 2. The van der Waals surface area contributed by atoms with Crippen LogP contribution in [0.25, 0.3) is 0 Å². The van der Waals surface area contributed by atoms with Gasteiger partial charge in [-0.1, -0.05) is 60.7 Å². The monoisotopic (exact) mass is 505 g/mol. The molecule has 0 unspecified atom stereocenters. The molecule has 4 atom stereocenters. The summed E-state index contributed by atoms with van der Waals surface area (Å²) in [7, 11) is 0. The van der Waals surface area contributed by atoms with Crippen LogP contribution in [0.5, 0.6) is 0 Å². The first kappa shape index (κ1) is 26.3. The Labute approximate surface area is 217 Å². The maximum atomic E-state index is 13.5. The van der Waals surface area contributed by atoms with Crippen molar-refractivity contribution in [1.82, 2.24) is 15.1 Å². The average Bonchev–Trinajstić information content (AvgIpc) is 3.59. The van der Waals surface area contributed by atoms with Crippen LogP contribution in [0.4, 0.5) is 0 Å². The number of carbonyl (C=O) groups excluding carboxylic acids is 4. The second-order valence-corrected chi connectivity index (χ2v) is 9.83. The lowest BCUT2D eigenvalue weighted by molar-refractivity contribution is -0.143. The predicted molar refractivity (Wildman–Crippen MR) is 139 cm³/mol. The zero-order chi connectivity index (χ0) is 26.4. The summed E-state index contributed by atoms with van der Waals surface area (Å²) in [5.74, 6) is -1.55. The first-order valence-corrected chi connectivity index (χ1v) is 12.9. The van der Waals surface area contributed by atoms with Gasteiger partial charge in [-0.15, -0.1) is 0 Å². The summed E-state index contributed by atoms with van der Waals surface area (Å²) >= 11 is 0. The lowest BCUT2D eigenvalue weighted by Crippen LogP contribution is -2.57. The molecule has 0 saturated carbocycles. The highest BCUT2D eigenvalue weighted by Gasteiger charge is 2.40. The van der Waals surface area contributed by atoms with Crippen molar-refractivity contribution in [3.8, 4) is 0 Å². The minimum atomic E-state index is -0.884. The van der Waals surface area contributed by atoms with Gasteiger partial charge in [0.2, 0.25) is 23.6 Å². The van der Waals surface area contributed by atoms with Gasteiger partial charge in [0, 0.05) is 19.5 Å². The minimum absolute atomic E-state index is 0.265. The molecule has 2 saturated heterocycles. The van der Waals surface area contributed by atoms with Crippen LogP contribution >= 0.6 is 0 Å². The third-order valence-corrected chi connectivity index (χ3v) is 7.22. The van der Waals surface area contributed by atoms with Crippen LogP contribution in [0, 0.1) is 0 Å². The van der Waals surface area contributed by atoms with Crippen molar-refractivity contribution in [2.45, 2.75) is 62.7 Å². The number of hydrogen-bond donors (Lipinski definition) is 3. The molecule has 2 heterocycles. The molecule has 4 rings (SSSR count). The second-order valence-electron chi connectivity index (χ2n) is 9.83. The third-order valence-electron chi connectivity index (χ3n) is 7.22. The number of nitrogens with zero attached hydrogens (tertiary/aromatic N) is 2. The molecular weight excluding hydrogens is 470 g/mol. The largest absolute Gasteiger partial charge is 0.368 e. The molecular formula is C28H35N5O4. The van der Waals surface area contributed by atoms with E-state index in [1.807, 2.05) is 60.7 Å². The third kappa shape index (κ3) is 6.35. The van der Waals surface area contributed by atoms with Crippen molar-refractivity contribution in [2.75, 3.05) is 13.1 Å². The molecule has 9 nitrogen and oxygen atoms in total. The van der Waals surface area contributed by atoms with E-state index in [-0.39, 0.29) is 24.1 Å². The zero-order valence-corrected chi connectivity index (χ0v) is 20.9. The number of benzene rings is 2. The van der Waals surface area contributed by atoms with Crippen molar-refractivity contribution < 1.29 is 19.2 Å². The lowest BCUT2D eigenvalue weighted by atomic mass is 10.0. The van der Waals surface area contributed by atoms with Gasteiger partial charge < -0.3 is 26.6 Å². The number of carbonyl (C=O) groups is 4. The molecule has 0 aliphatic carbocycles. The topological polar surface area (TPSA) is 139 Å². The summed E-state index contributed by atoms with van der Waals surface area (Å²) in [6.07, 6.45) is 3.00. The van der Waals surface area contributed by atoms with Crippen molar-refractivity contribution in [1.29, 1.82) is 0 Å². The van der Waals surface area contributed by atoms with E-state index in [0.717, 1.165) is 11.1 Å². The van der Waals surface area contributed by atoms with Gasteiger partial charge in [0.05, 0.1) is 6.04 Å². The molecule has 2 aromatic rings. The molecule has 2 aromatic carbocycles. The van der Waals surface area contributed by atoms with E-state index >= 15 is 0 Å². The maximum Gasteiger partial charge on any atom is 0.246 e. The van der Waals surface area contributed by atoms with Crippen LogP contribution in [0.3, 0.4) is 0 Å². The lowest BCUT2D eigenvalue weighted by Gasteiger charge is -2.31. The summed E-state index contributed by atoms with van der Waals surface area (Å²) in [6, 6.07) is 15.9. The van der Waals surface area contributed by atoms with Crippen LogP contribution in [0.1, 0.15) is 36.8 Å². The van der Waals surface area contributed by atoms with Crippen LogP contribution in [0.2, 0.25) is 0 Å². The van der Waals surface area contributed by atoms with E-state index in [1.54, 1.807) is 0 Å². The van der Waals surface area contributed by atoms with E-state index in [2.05, 4.69) is 5.32 Å². The highest BCUT2D eigenvalue weighted by molar-refractivity contribution is 5.95. The fraction of sp³-hybridized carbons (Fsp3) is 0.429. The van der Waals surface area contributed by atoms with E-state index in [9.17, 15) is 19.2 Å². The van der Waals surface area contributed by atoms with Crippen molar-refractivity contribution >= 4 is 23.6 Å². The molecule has 5 N–H and O–H groups in total. The van der Waals surface area contributed by atoms with Crippen LogP contribution in [-0.2, 0) is 32.0 Å². The summed E-state index contributed by atoms with van der Waals surface area (Å²) in [6.45, 7) is 0.850. The smallest absolute Gasteiger partial charge is 0.246 e. The highest BCUT2D eigenvalue weighted by atomic mass is 16.2. The number of hydrogen-bond acceptors (Lipinski definition) is 5. The van der Waals surface area contributed by atoms with E-state index in [1.165, 1.54) is 9.80 Å². The van der Waals surface area contributed by atoms with Crippen LogP contribution in [-0.4, -0.2) is 70.7 Å². The molecule has 0 spiro atoms. The Bertz CT molecular complexity index is 1110. The number of nitrogens with two attached hydrogens (primary N) is 2. The summed E-state index contributed by atoms with van der Waals surface area (Å²) in [4.78, 5) is 55.1. The van der Waals surface area contributed by atoms with Gasteiger partial charge in [-0.3, -0.25) is 19.2 Å². The Morgan fingerprint density at radius 1 is 0.784 bits per heavy atom. The van der Waals surface area contributed by atoms with Gasteiger partial charge in [0.25, 0.3) is 0 Å². The minimum Gasteiger partial charge on any atom is -0.368 e. The normalized spacial score (nSPS) is 20.9. The molecule has 9 heteroatoms. The Kier molecular flexibility index (Phi) is 8.55. The maximum absolute atomic E-state index is 13.5. The first-order chi connectivity index (χ1) is 17.8. The molecule has 37 heavy (non-hydrogen) atoms. The molecule has 196 valence electrons. The van der Waals surface area contributed by atoms with E-state index < -0.39 is 30.1 Å². The SMILES string of the molecule is NC(=O)[C@@H]1CCCN1C(=O)[C@H](Cc1ccccc1)NC(=O)[C@@H]1CCCN1C(=O)[C@@H](N)Cc1ccccc1. The molecule has 2 aliphatic rings. The Morgan fingerprint density at radius 3 is 1.86 bits per heavy atom. The highest BCUT2D eigenvalue weighted by Crippen LogP contribution is 2.22. The van der Waals surface area contributed by atoms with Gasteiger partial charge in [-0.2, -0.15) is 0 Å². The standard InChI is InChI=1S/C28H35N5O4/c29-21(17-19-9-3-1-4-10-19)27(36)33-16-8-14-24(33)26(35)31-22(18-20-11-5-2-6-12-20)28(37)32-15-7-13-23(32)25(30)34/h1-6,9-12,21-24H,7-8,13-18,29H2,(H2,30,34)(H,31,35)/t21-,22-,23-,24-/m0/s1. The Balaban J connectivity index is 1.48. The number of amides is 4.